The Kier molecular flexibility index (Phi) is 2.54. The van der Waals surface area contributed by atoms with Gasteiger partial charge < -0.3 is 15.5 Å². The maximum absolute atomic E-state index is 12.5. The molecule has 0 aromatic heterocycles. The van der Waals surface area contributed by atoms with Crippen LogP contribution in [0.15, 0.2) is 48.5 Å². The smallest absolute Gasteiger partial charge is 0.255 e. The number of rotatable bonds is 0. The van der Waals surface area contributed by atoms with Crippen LogP contribution in [-0.4, -0.2) is 18.4 Å². The second kappa shape index (κ2) is 4.34. The van der Waals surface area contributed by atoms with Crippen LogP contribution in [-0.2, 0) is 10.5 Å². The Morgan fingerprint density at radius 3 is 2.64 bits per heavy atom. The second-order valence-corrected chi connectivity index (χ2v) is 5.65. The monoisotopic (exact) mass is 293 g/mol. The Balaban J connectivity index is 1.87. The van der Waals surface area contributed by atoms with Gasteiger partial charge in [0.2, 0.25) is 5.91 Å². The number of carbonyl (C=O) groups is 2. The fourth-order valence-corrected chi connectivity index (χ4v) is 3.28. The van der Waals surface area contributed by atoms with Gasteiger partial charge in [0, 0.05) is 18.2 Å². The first-order valence-corrected chi connectivity index (χ1v) is 7.18. The number of amides is 2. The van der Waals surface area contributed by atoms with Crippen molar-refractivity contribution in [2.45, 2.75) is 12.6 Å². The van der Waals surface area contributed by atoms with Crippen LogP contribution in [0.1, 0.15) is 22.8 Å². The zero-order valence-electron chi connectivity index (χ0n) is 12.1. The number of anilines is 2. The third-order valence-corrected chi connectivity index (χ3v) is 4.28. The molecule has 110 valence electrons. The minimum absolute atomic E-state index is 0.0424. The highest BCUT2D eigenvalue weighted by molar-refractivity contribution is 6.04. The molecule has 2 aliphatic heterocycles. The predicted octanol–water partition coefficient (Wildman–Crippen LogP) is 2.06. The van der Waals surface area contributed by atoms with Gasteiger partial charge in [0.05, 0.1) is 17.8 Å². The van der Waals surface area contributed by atoms with Gasteiger partial charge in [-0.05, 0) is 18.2 Å². The van der Waals surface area contributed by atoms with Crippen molar-refractivity contribution in [3.8, 4) is 0 Å². The number of nitrogens with zero attached hydrogens (tertiary/aromatic N) is 1. The summed E-state index contributed by atoms with van der Waals surface area (Å²) in [6, 6.07) is 15.1. The molecule has 1 spiro atoms. The molecule has 22 heavy (non-hydrogen) atoms. The number of nitrogens with one attached hydrogen (secondary N) is 2. The van der Waals surface area contributed by atoms with Crippen molar-refractivity contribution in [1.29, 1.82) is 0 Å². The van der Waals surface area contributed by atoms with Crippen LogP contribution < -0.4 is 15.5 Å². The molecule has 0 saturated heterocycles. The maximum Gasteiger partial charge on any atom is 0.255 e. The van der Waals surface area contributed by atoms with E-state index in [1.807, 2.05) is 42.5 Å². The van der Waals surface area contributed by atoms with E-state index in [0.29, 0.717) is 12.1 Å². The Hall–Kier alpha value is -2.82. The quantitative estimate of drug-likeness (QED) is 0.781. The second-order valence-electron chi connectivity index (χ2n) is 5.65. The third kappa shape index (κ3) is 1.65. The third-order valence-electron chi connectivity index (χ3n) is 4.28. The standard InChI is InChI=1S/C17H15N3O2/c1-11(21)20-10-17(13-7-3-5-9-15(13)20)18-14-8-4-2-6-12(14)16(22)19-17/h2-9,18H,10H2,1H3,(H,19,22)/t17-/m1/s1. The lowest BCUT2D eigenvalue weighted by Crippen LogP contribution is -2.57. The molecule has 0 unspecified atom stereocenters. The number of para-hydroxylation sites is 2. The largest absolute Gasteiger partial charge is 0.357 e. The Bertz CT molecular complexity index is 802. The molecule has 0 saturated carbocycles. The first-order chi connectivity index (χ1) is 10.6. The van der Waals surface area contributed by atoms with Crippen LogP contribution in [0.2, 0.25) is 0 Å². The number of carbonyl (C=O) groups excluding carboxylic acids is 2. The lowest BCUT2D eigenvalue weighted by atomic mass is 9.96. The summed E-state index contributed by atoms with van der Waals surface area (Å²) in [5, 5.41) is 6.46. The number of hydrogen-bond acceptors (Lipinski definition) is 3. The first kappa shape index (κ1) is 12.9. The van der Waals surface area contributed by atoms with Gasteiger partial charge >= 0.3 is 0 Å². The number of benzene rings is 2. The summed E-state index contributed by atoms with van der Waals surface area (Å²) >= 11 is 0. The van der Waals surface area contributed by atoms with Gasteiger partial charge in [-0.3, -0.25) is 9.59 Å². The van der Waals surface area contributed by atoms with Gasteiger partial charge in [0.25, 0.3) is 5.91 Å². The van der Waals surface area contributed by atoms with E-state index in [1.165, 1.54) is 6.92 Å². The fourth-order valence-electron chi connectivity index (χ4n) is 3.28. The topological polar surface area (TPSA) is 61.4 Å². The van der Waals surface area contributed by atoms with E-state index in [-0.39, 0.29) is 11.8 Å². The molecule has 0 bridgehead atoms. The van der Waals surface area contributed by atoms with E-state index in [0.717, 1.165) is 16.9 Å². The molecule has 2 amide bonds. The molecular formula is C17H15N3O2. The molecular weight excluding hydrogens is 278 g/mol. The van der Waals surface area contributed by atoms with E-state index in [4.69, 9.17) is 0 Å². The van der Waals surface area contributed by atoms with Gasteiger partial charge in [-0.25, -0.2) is 0 Å². The minimum Gasteiger partial charge on any atom is -0.357 e. The SMILES string of the molecule is CC(=O)N1C[C@@]2(NC(=O)c3ccccc3N2)c2ccccc21. The molecule has 2 aromatic carbocycles. The summed E-state index contributed by atoms with van der Waals surface area (Å²) < 4.78 is 0. The van der Waals surface area contributed by atoms with Crippen molar-refractivity contribution < 1.29 is 9.59 Å². The molecule has 0 aliphatic carbocycles. The molecule has 4 rings (SSSR count). The van der Waals surface area contributed by atoms with E-state index >= 15 is 0 Å². The van der Waals surface area contributed by atoms with Gasteiger partial charge in [-0.2, -0.15) is 0 Å². The zero-order valence-corrected chi connectivity index (χ0v) is 12.1. The molecule has 2 aliphatic rings. The highest BCUT2D eigenvalue weighted by Gasteiger charge is 2.47. The van der Waals surface area contributed by atoms with Gasteiger partial charge in [-0.15, -0.1) is 0 Å². The average molecular weight is 293 g/mol. The highest BCUT2D eigenvalue weighted by atomic mass is 16.2. The lowest BCUT2D eigenvalue weighted by Gasteiger charge is -2.37. The van der Waals surface area contributed by atoms with Gasteiger partial charge in [-0.1, -0.05) is 30.3 Å². The number of hydrogen-bond donors (Lipinski definition) is 2. The van der Waals surface area contributed by atoms with E-state index < -0.39 is 5.66 Å². The van der Waals surface area contributed by atoms with Crippen molar-refractivity contribution in [3.05, 3.63) is 59.7 Å². The van der Waals surface area contributed by atoms with Crippen molar-refractivity contribution in [3.63, 3.8) is 0 Å². The summed E-state index contributed by atoms with van der Waals surface area (Å²) in [5.74, 6) is -0.172. The Labute approximate surface area is 127 Å². The summed E-state index contributed by atoms with van der Waals surface area (Å²) in [4.78, 5) is 26.1. The van der Waals surface area contributed by atoms with Crippen LogP contribution in [0.25, 0.3) is 0 Å². The van der Waals surface area contributed by atoms with E-state index in [9.17, 15) is 9.59 Å². The highest BCUT2D eigenvalue weighted by Crippen LogP contribution is 2.42. The predicted molar refractivity (Wildman–Crippen MR) is 83.7 cm³/mol. The summed E-state index contributed by atoms with van der Waals surface area (Å²) in [5.41, 5.74) is 2.38. The minimum atomic E-state index is -0.770. The van der Waals surface area contributed by atoms with Crippen LogP contribution >= 0.6 is 0 Å². The molecule has 5 heteroatoms. The Morgan fingerprint density at radius 2 is 1.82 bits per heavy atom. The fraction of sp³-hybridized carbons (Fsp3) is 0.176. The molecule has 0 radical (unpaired) electrons. The summed E-state index contributed by atoms with van der Waals surface area (Å²) in [7, 11) is 0. The lowest BCUT2D eigenvalue weighted by molar-refractivity contribution is -0.116. The Morgan fingerprint density at radius 1 is 1.09 bits per heavy atom. The van der Waals surface area contributed by atoms with E-state index in [2.05, 4.69) is 10.6 Å². The van der Waals surface area contributed by atoms with E-state index in [1.54, 1.807) is 11.0 Å². The van der Waals surface area contributed by atoms with Crippen molar-refractivity contribution in [1.82, 2.24) is 5.32 Å². The van der Waals surface area contributed by atoms with Crippen molar-refractivity contribution >= 4 is 23.2 Å². The zero-order chi connectivity index (χ0) is 15.3. The van der Waals surface area contributed by atoms with Crippen LogP contribution in [0.3, 0.4) is 0 Å². The van der Waals surface area contributed by atoms with Crippen molar-refractivity contribution in [2.24, 2.45) is 0 Å². The summed E-state index contributed by atoms with van der Waals surface area (Å²) in [6.07, 6.45) is 0. The molecule has 0 fully saturated rings. The molecule has 2 heterocycles. The van der Waals surface area contributed by atoms with Crippen molar-refractivity contribution in [2.75, 3.05) is 16.8 Å². The average Bonchev–Trinajstić information content (AvgIpc) is 2.82. The molecule has 1 atom stereocenters. The first-order valence-electron chi connectivity index (χ1n) is 7.18. The summed E-state index contributed by atoms with van der Waals surface area (Å²) in [6.45, 7) is 1.91. The molecule has 2 aromatic rings. The van der Waals surface area contributed by atoms with Crippen LogP contribution in [0.5, 0.6) is 0 Å². The maximum atomic E-state index is 12.5. The van der Waals surface area contributed by atoms with Gasteiger partial charge in [0.1, 0.15) is 0 Å². The van der Waals surface area contributed by atoms with Crippen LogP contribution in [0, 0.1) is 0 Å². The van der Waals surface area contributed by atoms with Gasteiger partial charge in [0.15, 0.2) is 5.66 Å². The van der Waals surface area contributed by atoms with Crippen LogP contribution in [0.4, 0.5) is 11.4 Å². The number of fused-ring (bicyclic) bond motifs is 3. The normalized spacial score (nSPS) is 21.9. The molecule has 5 nitrogen and oxygen atoms in total. The molecule has 2 N–H and O–H groups in total.